The SMILES string of the molecule is COC(=O)[C@@H]1C[C@]2(O)c3ccccc3N(OC)[C@@H]2N1C(=O)OC. The standard InChI is InChI=1S/C15H18N2O6/c1-21-12(18)11-8-15(20)9-6-4-5-7-10(9)17(23-3)13(15)16(11)14(19)22-2/h4-7,11,13,20H,8H2,1-3H3/t11-,13-,15-/m0/s1. The van der Waals surface area contributed by atoms with Crippen molar-refractivity contribution in [2.24, 2.45) is 0 Å². The van der Waals surface area contributed by atoms with Gasteiger partial charge in [0.25, 0.3) is 0 Å². The van der Waals surface area contributed by atoms with Gasteiger partial charge in [-0.3, -0.25) is 9.74 Å². The first-order valence-electron chi connectivity index (χ1n) is 7.09. The summed E-state index contributed by atoms with van der Waals surface area (Å²) in [7, 11) is 3.88. The van der Waals surface area contributed by atoms with Gasteiger partial charge in [0, 0.05) is 12.0 Å². The van der Waals surface area contributed by atoms with Crippen LogP contribution in [0.1, 0.15) is 12.0 Å². The molecule has 0 aliphatic carbocycles. The fourth-order valence-electron chi connectivity index (χ4n) is 3.48. The summed E-state index contributed by atoms with van der Waals surface area (Å²) in [6.07, 6.45) is -1.66. The van der Waals surface area contributed by atoms with Crippen LogP contribution in [0.3, 0.4) is 0 Å². The second-order valence-corrected chi connectivity index (χ2v) is 5.44. The van der Waals surface area contributed by atoms with Gasteiger partial charge in [-0.25, -0.2) is 14.7 Å². The number of esters is 1. The van der Waals surface area contributed by atoms with Crippen LogP contribution < -0.4 is 5.06 Å². The molecule has 1 fully saturated rings. The average Bonchev–Trinajstić information content (AvgIpc) is 3.01. The topological polar surface area (TPSA) is 88.5 Å². The minimum atomic E-state index is -1.46. The molecule has 0 bridgehead atoms. The van der Waals surface area contributed by atoms with Crippen molar-refractivity contribution in [1.82, 2.24) is 4.90 Å². The summed E-state index contributed by atoms with van der Waals surface area (Å²) < 4.78 is 9.56. The zero-order chi connectivity index (χ0) is 16.8. The highest BCUT2D eigenvalue weighted by Crippen LogP contribution is 2.52. The molecule has 0 saturated carbocycles. The minimum Gasteiger partial charge on any atom is -0.467 e. The second-order valence-electron chi connectivity index (χ2n) is 5.44. The number of para-hydroxylation sites is 1. The lowest BCUT2D eigenvalue weighted by Gasteiger charge is -2.34. The van der Waals surface area contributed by atoms with Crippen LogP contribution in [0.25, 0.3) is 0 Å². The van der Waals surface area contributed by atoms with Gasteiger partial charge in [-0.15, -0.1) is 0 Å². The number of nitrogens with zero attached hydrogens (tertiary/aromatic N) is 2. The van der Waals surface area contributed by atoms with Crippen LogP contribution in [0.5, 0.6) is 0 Å². The molecule has 0 radical (unpaired) electrons. The molecule has 124 valence electrons. The molecule has 1 saturated heterocycles. The number of carbonyl (C=O) groups excluding carboxylic acids is 2. The predicted octanol–water partition coefficient (Wildman–Crippen LogP) is 0.595. The van der Waals surface area contributed by atoms with Crippen molar-refractivity contribution in [3.05, 3.63) is 29.8 Å². The monoisotopic (exact) mass is 322 g/mol. The number of fused-ring (bicyclic) bond motifs is 3. The Labute approximate surface area is 133 Å². The predicted molar refractivity (Wildman–Crippen MR) is 78.3 cm³/mol. The lowest BCUT2D eigenvalue weighted by Crippen LogP contribution is -2.54. The summed E-state index contributed by atoms with van der Waals surface area (Å²) in [6.45, 7) is 0. The Morgan fingerprint density at radius 2 is 1.91 bits per heavy atom. The maximum atomic E-state index is 12.2. The zero-order valence-corrected chi connectivity index (χ0v) is 13.1. The van der Waals surface area contributed by atoms with Crippen LogP contribution in [0, 0.1) is 0 Å². The van der Waals surface area contributed by atoms with E-state index in [1.165, 1.54) is 26.4 Å². The molecular formula is C15H18N2O6. The number of ether oxygens (including phenoxy) is 2. The number of aliphatic hydroxyl groups is 1. The summed E-state index contributed by atoms with van der Waals surface area (Å²) >= 11 is 0. The number of methoxy groups -OCH3 is 2. The molecule has 2 aliphatic rings. The highest BCUT2D eigenvalue weighted by Gasteiger charge is 2.64. The third-order valence-electron chi connectivity index (χ3n) is 4.42. The lowest BCUT2D eigenvalue weighted by molar-refractivity contribution is -0.146. The first-order valence-corrected chi connectivity index (χ1v) is 7.09. The van der Waals surface area contributed by atoms with Crippen LogP contribution in [0.15, 0.2) is 24.3 Å². The highest BCUT2D eigenvalue weighted by molar-refractivity contribution is 5.84. The summed E-state index contributed by atoms with van der Waals surface area (Å²) in [5, 5.41) is 12.6. The second kappa shape index (κ2) is 5.39. The summed E-state index contributed by atoms with van der Waals surface area (Å²) in [6, 6.07) is 6.14. The fraction of sp³-hybridized carbons (Fsp3) is 0.467. The molecule has 0 unspecified atom stereocenters. The summed E-state index contributed by atoms with van der Waals surface area (Å²) in [5.74, 6) is -0.619. The first-order chi connectivity index (χ1) is 11.0. The van der Waals surface area contributed by atoms with Crippen molar-refractivity contribution in [1.29, 1.82) is 0 Å². The Morgan fingerprint density at radius 3 is 2.52 bits per heavy atom. The number of hydrogen-bond acceptors (Lipinski definition) is 7. The van der Waals surface area contributed by atoms with Crippen molar-refractivity contribution >= 4 is 17.7 Å². The van der Waals surface area contributed by atoms with E-state index in [0.717, 1.165) is 4.90 Å². The number of hydrogen-bond donors (Lipinski definition) is 1. The number of anilines is 1. The third kappa shape index (κ3) is 1.98. The molecule has 1 amide bonds. The van der Waals surface area contributed by atoms with Gasteiger partial charge in [0.1, 0.15) is 11.6 Å². The maximum absolute atomic E-state index is 12.2. The van der Waals surface area contributed by atoms with Gasteiger partial charge in [0.2, 0.25) is 0 Å². The molecule has 1 aromatic carbocycles. The normalized spacial score (nSPS) is 28.3. The molecule has 23 heavy (non-hydrogen) atoms. The molecule has 8 heteroatoms. The van der Waals surface area contributed by atoms with Crippen molar-refractivity contribution in [3.8, 4) is 0 Å². The van der Waals surface area contributed by atoms with Gasteiger partial charge < -0.3 is 14.6 Å². The van der Waals surface area contributed by atoms with E-state index >= 15 is 0 Å². The first kappa shape index (κ1) is 15.6. The zero-order valence-electron chi connectivity index (χ0n) is 13.1. The van der Waals surface area contributed by atoms with Gasteiger partial charge in [-0.05, 0) is 6.07 Å². The Kier molecular flexibility index (Phi) is 3.65. The molecule has 1 aromatic rings. The highest BCUT2D eigenvalue weighted by atomic mass is 16.7. The number of carbonyl (C=O) groups is 2. The summed E-state index contributed by atoms with van der Waals surface area (Å²) in [5.41, 5.74) is -0.230. The van der Waals surface area contributed by atoms with Crippen molar-refractivity contribution in [2.45, 2.75) is 24.2 Å². The van der Waals surface area contributed by atoms with E-state index in [9.17, 15) is 14.7 Å². The van der Waals surface area contributed by atoms with Crippen molar-refractivity contribution in [2.75, 3.05) is 26.4 Å². The van der Waals surface area contributed by atoms with Crippen molar-refractivity contribution < 1.29 is 29.0 Å². The number of likely N-dealkylation sites (tertiary alicyclic amines) is 1. The van der Waals surface area contributed by atoms with E-state index in [0.29, 0.717) is 11.3 Å². The van der Waals surface area contributed by atoms with Crippen LogP contribution in [-0.4, -0.2) is 55.6 Å². The molecular weight excluding hydrogens is 304 g/mol. The third-order valence-corrected chi connectivity index (χ3v) is 4.42. The van der Waals surface area contributed by atoms with Gasteiger partial charge in [-0.2, -0.15) is 0 Å². The Morgan fingerprint density at radius 1 is 1.22 bits per heavy atom. The molecule has 3 atom stereocenters. The van der Waals surface area contributed by atoms with Gasteiger partial charge in [0.05, 0.1) is 27.0 Å². The van der Waals surface area contributed by atoms with Crippen LogP contribution in [0.2, 0.25) is 0 Å². The van der Waals surface area contributed by atoms with Gasteiger partial charge >= 0.3 is 12.1 Å². The molecule has 2 aliphatic heterocycles. The maximum Gasteiger partial charge on any atom is 0.412 e. The minimum absolute atomic E-state index is 0.00366. The van der Waals surface area contributed by atoms with E-state index in [1.54, 1.807) is 24.3 Å². The molecule has 0 spiro atoms. The number of benzene rings is 1. The average molecular weight is 322 g/mol. The van der Waals surface area contributed by atoms with Crippen molar-refractivity contribution in [3.63, 3.8) is 0 Å². The molecule has 8 nitrogen and oxygen atoms in total. The van der Waals surface area contributed by atoms with E-state index in [-0.39, 0.29) is 6.42 Å². The smallest absolute Gasteiger partial charge is 0.412 e. The van der Waals surface area contributed by atoms with Crippen LogP contribution >= 0.6 is 0 Å². The van der Waals surface area contributed by atoms with Gasteiger partial charge in [-0.1, -0.05) is 18.2 Å². The molecule has 0 aromatic heterocycles. The molecule has 3 rings (SSSR count). The Hall–Kier alpha value is -2.32. The van der Waals surface area contributed by atoms with Gasteiger partial charge in [0.15, 0.2) is 6.17 Å². The van der Waals surface area contributed by atoms with Crippen LogP contribution in [-0.2, 0) is 24.7 Å². The number of hydroxylamine groups is 1. The summed E-state index contributed by atoms with van der Waals surface area (Å²) in [4.78, 5) is 30.9. The molecule has 1 N–H and O–H groups in total. The molecule has 2 heterocycles. The number of rotatable bonds is 2. The van der Waals surface area contributed by atoms with Crippen LogP contribution in [0.4, 0.5) is 10.5 Å². The quantitative estimate of drug-likeness (QED) is 0.797. The lowest BCUT2D eigenvalue weighted by atomic mass is 9.91. The Balaban J connectivity index is 2.14. The van der Waals surface area contributed by atoms with E-state index in [2.05, 4.69) is 0 Å². The van der Waals surface area contributed by atoms with E-state index < -0.39 is 29.9 Å². The van der Waals surface area contributed by atoms with E-state index in [1.807, 2.05) is 0 Å². The largest absolute Gasteiger partial charge is 0.467 e. The van der Waals surface area contributed by atoms with E-state index in [4.69, 9.17) is 14.3 Å². The Bertz CT molecular complexity index is 651. The fourth-order valence-corrected chi connectivity index (χ4v) is 3.48. The number of amides is 1.